The van der Waals surface area contributed by atoms with Crippen molar-refractivity contribution in [2.45, 2.75) is 32.0 Å². The molecule has 120 valence electrons. The largest absolute Gasteiger partial charge is 0.376 e. The van der Waals surface area contributed by atoms with Crippen molar-refractivity contribution < 1.29 is 23.6 Å². The molecule has 0 unspecified atom stereocenters. The molecule has 1 N–H and O–H groups in total. The van der Waals surface area contributed by atoms with E-state index in [1.807, 2.05) is 0 Å². The van der Waals surface area contributed by atoms with Crippen molar-refractivity contribution in [3.05, 3.63) is 34.1 Å². The van der Waals surface area contributed by atoms with E-state index in [0.717, 1.165) is 31.0 Å². The molecule has 0 saturated carbocycles. The number of halogens is 1. The van der Waals surface area contributed by atoms with E-state index in [4.69, 9.17) is 9.47 Å². The lowest BCUT2D eigenvalue weighted by molar-refractivity contribution is -0.384. The summed E-state index contributed by atoms with van der Waals surface area (Å²) in [5.74, 6) is -1.28. The number of hydrogen-bond donors (Lipinski definition) is 1. The molecule has 1 aliphatic rings. The summed E-state index contributed by atoms with van der Waals surface area (Å²) in [5.41, 5.74) is -0.566. The number of carbonyl (C=O) groups is 1. The summed E-state index contributed by atoms with van der Waals surface area (Å²) in [7, 11) is 0. The first kappa shape index (κ1) is 16.3. The molecule has 2 rings (SSSR count). The minimum Gasteiger partial charge on any atom is -0.376 e. The molecule has 1 saturated heterocycles. The lowest BCUT2D eigenvalue weighted by Crippen LogP contribution is -2.30. The monoisotopic (exact) mass is 312 g/mol. The molecule has 1 fully saturated rings. The predicted molar refractivity (Wildman–Crippen MR) is 76.1 cm³/mol. The molecule has 7 nitrogen and oxygen atoms in total. The van der Waals surface area contributed by atoms with E-state index >= 15 is 0 Å². The van der Waals surface area contributed by atoms with Crippen molar-refractivity contribution in [1.82, 2.24) is 0 Å². The third-order valence-corrected chi connectivity index (χ3v) is 3.34. The van der Waals surface area contributed by atoms with Gasteiger partial charge in [-0.2, -0.15) is 0 Å². The van der Waals surface area contributed by atoms with Crippen LogP contribution in [0.4, 0.5) is 15.8 Å². The first-order valence-corrected chi connectivity index (χ1v) is 6.95. The fraction of sp³-hybridized carbons (Fsp3) is 0.500. The number of nitrogens with one attached hydrogen (secondary N) is 1. The summed E-state index contributed by atoms with van der Waals surface area (Å²) in [4.78, 5) is 22.1. The molecule has 1 amide bonds. The molecule has 0 aromatic heterocycles. The number of nitro groups is 1. The molecule has 1 heterocycles. The number of nitro benzene ring substituents is 1. The lowest BCUT2D eigenvalue weighted by atomic mass is 10.2. The second kappa shape index (κ2) is 7.28. The minimum atomic E-state index is -0.797. The summed E-state index contributed by atoms with van der Waals surface area (Å²) in [6, 6.07) is 2.95. The predicted octanol–water partition coefficient (Wildman–Crippen LogP) is 2.26. The Labute approximate surface area is 126 Å². The standard InChI is InChI=1S/C14H17FN2O5/c1-9(22-8-11-3-2-6-21-11)14(18)16-12-5-4-10(15)7-13(12)17(19)20/h4-5,7,9,11H,2-3,6,8H2,1H3,(H,16,18)/t9-,11-/m0/s1. The number of ether oxygens (including phenoxy) is 2. The van der Waals surface area contributed by atoms with Crippen LogP contribution in [0.3, 0.4) is 0 Å². The maximum Gasteiger partial charge on any atom is 0.295 e. The topological polar surface area (TPSA) is 90.7 Å². The van der Waals surface area contributed by atoms with E-state index < -0.39 is 28.4 Å². The van der Waals surface area contributed by atoms with Gasteiger partial charge in [-0.15, -0.1) is 0 Å². The molecule has 8 heteroatoms. The zero-order valence-electron chi connectivity index (χ0n) is 12.1. The van der Waals surface area contributed by atoms with Gasteiger partial charge >= 0.3 is 0 Å². The van der Waals surface area contributed by atoms with Crippen molar-refractivity contribution >= 4 is 17.3 Å². The maximum atomic E-state index is 13.0. The lowest BCUT2D eigenvalue weighted by Gasteiger charge is -2.16. The van der Waals surface area contributed by atoms with Crippen LogP contribution in [0.25, 0.3) is 0 Å². The molecule has 0 spiro atoms. The Kier molecular flexibility index (Phi) is 5.40. The van der Waals surface area contributed by atoms with E-state index in [9.17, 15) is 19.3 Å². The average molecular weight is 312 g/mol. The SMILES string of the molecule is C[C@H](OC[C@@H]1CCCO1)C(=O)Nc1ccc(F)cc1[N+](=O)[O-]. The van der Waals surface area contributed by atoms with Crippen molar-refractivity contribution in [1.29, 1.82) is 0 Å². The second-order valence-corrected chi connectivity index (χ2v) is 5.02. The average Bonchev–Trinajstić information content (AvgIpc) is 2.99. The summed E-state index contributed by atoms with van der Waals surface area (Å²) in [6.45, 7) is 2.52. The first-order chi connectivity index (χ1) is 10.5. The Morgan fingerprint density at radius 3 is 3.05 bits per heavy atom. The first-order valence-electron chi connectivity index (χ1n) is 6.95. The molecule has 22 heavy (non-hydrogen) atoms. The van der Waals surface area contributed by atoms with Crippen LogP contribution >= 0.6 is 0 Å². The Bertz CT molecular complexity index is 560. The second-order valence-electron chi connectivity index (χ2n) is 5.02. The Hall–Kier alpha value is -2.06. The van der Waals surface area contributed by atoms with Gasteiger partial charge in [0.2, 0.25) is 0 Å². The zero-order chi connectivity index (χ0) is 16.1. The molecule has 2 atom stereocenters. The van der Waals surface area contributed by atoms with Crippen LogP contribution in [0.1, 0.15) is 19.8 Å². The molecular weight excluding hydrogens is 295 g/mol. The summed E-state index contributed by atoms with van der Waals surface area (Å²) in [5, 5.41) is 13.2. The van der Waals surface area contributed by atoms with E-state index in [1.54, 1.807) is 6.92 Å². The third-order valence-electron chi connectivity index (χ3n) is 3.34. The summed E-state index contributed by atoms with van der Waals surface area (Å²) < 4.78 is 23.8. The molecule has 0 aliphatic carbocycles. The number of carbonyl (C=O) groups excluding carboxylic acids is 1. The van der Waals surface area contributed by atoms with Gasteiger partial charge in [-0.05, 0) is 31.9 Å². The van der Waals surface area contributed by atoms with Crippen molar-refractivity contribution in [3.8, 4) is 0 Å². The van der Waals surface area contributed by atoms with E-state index in [0.29, 0.717) is 13.2 Å². The smallest absolute Gasteiger partial charge is 0.295 e. The number of benzene rings is 1. The van der Waals surface area contributed by atoms with Gasteiger partial charge in [-0.1, -0.05) is 0 Å². The van der Waals surface area contributed by atoms with Gasteiger partial charge in [0, 0.05) is 6.61 Å². The Morgan fingerprint density at radius 2 is 2.41 bits per heavy atom. The van der Waals surface area contributed by atoms with Crippen LogP contribution in [0.5, 0.6) is 0 Å². The highest BCUT2D eigenvalue weighted by atomic mass is 19.1. The van der Waals surface area contributed by atoms with E-state index in [-0.39, 0.29) is 11.8 Å². The summed E-state index contributed by atoms with van der Waals surface area (Å²) >= 11 is 0. The van der Waals surface area contributed by atoms with Gasteiger partial charge in [0.05, 0.1) is 23.7 Å². The summed E-state index contributed by atoms with van der Waals surface area (Å²) in [6.07, 6.45) is 1.04. The van der Waals surface area contributed by atoms with Crippen LogP contribution in [-0.4, -0.2) is 36.3 Å². The number of hydrogen-bond acceptors (Lipinski definition) is 5. The number of rotatable bonds is 6. The van der Waals surface area contributed by atoms with Gasteiger partial charge in [-0.25, -0.2) is 4.39 Å². The van der Waals surface area contributed by atoms with E-state index in [2.05, 4.69) is 5.32 Å². The van der Waals surface area contributed by atoms with Crippen LogP contribution in [0.15, 0.2) is 18.2 Å². The zero-order valence-corrected chi connectivity index (χ0v) is 12.1. The van der Waals surface area contributed by atoms with Crippen molar-refractivity contribution in [2.24, 2.45) is 0 Å². The van der Waals surface area contributed by atoms with Crippen LogP contribution < -0.4 is 5.32 Å². The Balaban J connectivity index is 1.94. The number of nitrogens with zero attached hydrogens (tertiary/aromatic N) is 1. The maximum absolute atomic E-state index is 13.0. The molecule has 1 aromatic rings. The molecule has 0 radical (unpaired) electrons. The van der Waals surface area contributed by atoms with Crippen LogP contribution in [0, 0.1) is 15.9 Å². The highest BCUT2D eigenvalue weighted by Gasteiger charge is 2.22. The van der Waals surface area contributed by atoms with Gasteiger partial charge < -0.3 is 14.8 Å². The number of amides is 1. The van der Waals surface area contributed by atoms with Crippen molar-refractivity contribution in [3.63, 3.8) is 0 Å². The number of anilines is 1. The highest BCUT2D eigenvalue weighted by Crippen LogP contribution is 2.25. The van der Waals surface area contributed by atoms with Crippen LogP contribution in [-0.2, 0) is 14.3 Å². The van der Waals surface area contributed by atoms with Crippen molar-refractivity contribution in [2.75, 3.05) is 18.5 Å². The third kappa shape index (κ3) is 4.22. The fourth-order valence-corrected chi connectivity index (χ4v) is 2.10. The Morgan fingerprint density at radius 1 is 1.64 bits per heavy atom. The highest BCUT2D eigenvalue weighted by molar-refractivity contribution is 5.95. The minimum absolute atomic E-state index is 0.0181. The van der Waals surface area contributed by atoms with Gasteiger partial charge in [0.1, 0.15) is 17.6 Å². The van der Waals surface area contributed by atoms with E-state index in [1.165, 1.54) is 0 Å². The van der Waals surface area contributed by atoms with Crippen LogP contribution in [0.2, 0.25) is 0 Å². The molecule has 1 aromatic carbocycles. The molecular formula is C14H17FN2O5. The molecule has 1 aliphatic heterocycles. The van der Waals surface area contributed by atoms with Gasteiger partial charge in [0.15, 0.2) is 0 Å². The quantitative estimate of drug-likeness (QED) is 0.642. The van der Waals surface area contributed by atoms with Gasteiger partial charge in [0.25, 0.3) is 11.6 Å². The normalized spacial score (nSPS) is 18.9. The fourth-order valence-electron chi connectivity index (χ4n) is 2.10. The molecule has 0 bridgehead atoms. The van der Waals surface area contributed by atoms with Gasteiger partial charge in [-0.3, -0.25) is 14.9 Å².